The van der Waals surface area contributed by atoms with Crippen LogP contribution in [-0.2, 0) is 0 Å². The van der Waals surface area contributed by atoms with E-state index in [1.165, 1.54) is 25.8 Å². The Balaban J connectivity index is 2.35. The molecule has 0 aromatic carbocycles. The third-order valence-electron chi connectivity index (χ3n) is 3.94. The summed E-state index contributed by atoms with van der Waals surface area (Å²) in [6.45, 7) is 6.48. The summed E-state index contributed by atoms with van der Waals surface area (Å²) in [6, 6.07) is 0. The molecule has 0 amide bonds. The zero-order valence-corrected chi connectivity index (χ0v) is 11.7. The highest BCUT2D eigenvalue weighted by Gasteiger charge is 2.39. The monoisotopic (exact) mass is 227 g/mol. The molecular weight excluding hydrogens is 198 g/mol. The van der Waals surface area contributed by atoms with Crippen LogP contribution in [0.15, 0.2) is 0 Å². The molecule has 1 rings (SSSR count). The van der Waals surface area contributed by atoms with E-state index in [-0.39, 0.29) is 5.54 Å². The average molecular weight is 227 g/mol. The van der Waals surface area contributed by atoms with Gasteiger partial charge in [-0.15, -0.1) is 0 Å². The molecule has 1 aliphatic carbocycles. The molecule has 0 radical (unpaired) electrons. The van der Waals surface area contributed by atoms with Crippen molar-refractivity contribution in [1.29, 1.82) is 0 Å². The molecule has 0 saturated heterocycles. The lowest BCUT2D eigenvalue weighted by Crippen LogP contribution is -2.57. The van der Waals surface area contributed by atoms with Gasteiger partial charge < -0.3 is 15.5 Å². The van der Waals surface area contributed by atoms with Gasteiger partial charge in [-0.05, 0) is 67.2 Å². The van der Waals surface area contributed by atoms with Gasteiger partial charge in [0.15, 0.2) is 0 Å². The summed E-state index contributed by atoms with van der Waals surface area (Å²) in [5, 5.41) is 0. The molecule has 1 fully saturated rings. The minimum Gasteiger partial charge on any atom is -0.326 e. The van der Waals surface area contributed by atoms with Crippen LogP contribution >= 0.6 is 0 Å². The number of rotatable bonds is 6. The molecule has 16 heavy (non-hydrogen) atoms. The van der Waals surface area contributed by atoms with Crippen LogP contribution < -0.4 is 5.73 Å². The van der Waals surface area contributed by atoms with Crippen LogP contribution in [0.5, 0.6) is 0 Å². The predicted molar refractivity (Wildman–Crippen MR) is 70.6 cm³/mol. The maximum Gasteiger partial charge on any atom is 0.0330 e. The molecule has 0 aromatic rings. The van der Waals surface area contributed by atoms with E-state index >= 15 is 0 Å². The average Bonchev–Trinajstić information content (AvgIpc) is 2.06. The van der Waals surface area contributed by atoms with E-state index < -0.39 is 0 Å². The number of likely N-dealkylation sites (N-methyl/N-ethyl adjacent to an activating group) is 2. The van der Waals surface area contributed by atoms with Crippen LogP contribution in [0.1, 0.15) is 39.5 Å². The fourth-order valence-electron chi connectivity index (χ4n) is 2.39. The van der Waals surface area contributed by atoms with Crippen LogP contribution in [0.3, 0.4) is 0 Å². The predicted octanol–water partition coefficient (Wildman–Crippen LogP) is 1.53. The van der Waals surface area contributed by atoms with E-state index in [0.717, 1.165) is 13.0 Å². The van der Waals surface area contributed by atoms with Gasteiger partial charge in [0.25, 0.3) is 0 Å². The largest absolute Gasteiger partial charge is 0.326 e. The van der Waals surface area contributed by atoms with Crippen molar-refractivity contribution in [3.05, 3.63) is 0 Å². The first-order valence-corrected chi connectivity index (χ1v) is 6.40. The van der Waals surface area contributed by atoms with Crippen molar-refractivity contribution in [1.82, 2.24) is 9.80 Å². The lowest BCUT2D eigenvalue weighted by Gasteiger charge is -2.49. The molecule has 1 aliphatic rings. The highest BCUT2D eigenvalue weighted by atomic mass is 15.2. The second-order valence-electron chi connectivity index (χ2n) is 6.45. The first-order chi connectivity index (χ1) is 7.25. The Labute approximate surface area is 101 Å². The normalized spacial score (nSPS) is 20.2. The molecule has 96 valence electrons. The maximum atomic E-state index is 6.02. The quantitative estimate of drug-likeness (QED) is 0.747. The summed E-state index contributed by atoms with van der Waals surface area (Å²) in [4.78, 5) is 4.84. The lowest BCUT2D eigenvalue weighted by atomic mass is 9.75. The fraction of sp³-hybridized carbons (Fsp3) is 1.00. The number of nitrogens with zero attached hydrogens (tertiary/aromatic N) is 2. The maximum absolute atomic E-state index is 6.02. The summed E-state index contributed by atoms with van der Waals surface area (Å²) in [6.07, 6.45) is 5.13. The fourth-order valence-corrected chi connectivity index (χ4v) is 2.39. The Kier molecular flexibility index (Phi) is 4.38. The van der Waals surface area contributed by atoms with Crippen LogP contribution in [0.4, 0.5) is 0 Å². The van der Waals surface area contributed by atoms with Crippen molar-refractivity contribution in [2.75, 3.05) is 34.2 Å². The second kappa shape index (κ2) is 5.03. The Morgan fingerprint density at radius 2 is 1.75 bits per heavy atom. The molecule has 1 saturated carbocycles. The summed E-state index contributed by atoms with van der Waals surface area (Å²) >= 11 is 0. The van der Waals surface area contributed by atoms with Gasteiger partial charge in [-0.25, -0.2) is 0 Å². The van der Waals surface area contributed by atoms with Crippen LogP contribution in [0, 0.1) is 0 Å². The van der Waals surface area contributed by atoms with E-state index in [1.54, 1.807) is 0 Å². The second-order valence-corrected chi connectivity index (χ2v) is 6.45. The van der Waals surface area contributed by atoms with E-state index in [0.29, 0.717) is 5.54 Å². The van der Waals surface area contributed by atoms with Gasteiger partial charge in [0, 0.05) is 17.6 Å². The summed E-state index contributed by atoms with van der Waals surface area (Å²) in [5.74, 6) is 0. The summed E-state index contributed by atoms with van der Waals surface area (Å²) < 4.78 is 0. The van der Waals surface area contributed by atoms with Crippen molar-refractivity contribution in [3.8, 4) is 0 Å². The summed E-state index contributed by atoms with van der Waals surface area (Å²) in [5.41, 5.74) is 6.41. The Bertz CT molecular complexity index is 214. The van der Waals surface area contributed by atoms with Crippen LogP contribution in [0.25, 0.3) is 0 Å². The van der Waals surface area contributed by atoms with Gasteiger partial charge in [-0.2, -0.15) is 0 Å². The lowest BCUT2D eigenvalue weighted by molar-refractivity contribution is 0.0265. The van der Waals surface area contributed by atoms with Gasteiger partial charge >= 0.3 is 0 Å². The minimum absolute atomic E-state index is 0.0425. The number of hydrogen-bond donors (Lipinski definition) is 1. The number of hydrogen-bond acceptors (Lipinski definition) is 3. The Morgan fingerprint density at radius 3 is 2.06 bits per heavy atom. The van der Waals surface area contributed by atoms with Crippen molar-refractivity contribution in [2.45, 2.75) is 50.6 Å². The standard InChI is InChI=1S/C13H29N3/c1-12(2,14)9-10-16(5)11-13(15(3)4)7-6-8-13/h6-11,14H2,1-5H3. The minimum atomic E-state index is -0.0425. The van der Waals surface area contributed by atoms with Crippen molar-refractivity contribution < 1.29 is 0 Å². The van der Waals surface area contributed by atoms with Gasteiger partial charge in [0.1, 0.15) is 0 Å². The molecule has 3 heteroatoms. The first kappa shape index (κ1) is 13.9. The van der Waals surface area contributed by atoms with Gasteiger partial charge in [0.2, 0.25) is 0 Å². The Morgan fingerprint density at radius 1 is 1.19 bits per heavy atom. The smallest absolute Gasteiger partial charge is 0.0330 e. The molecule has 0 unspecified atom stereocenters. The molecule has 0 atom stereocenters. The molecule has 0 spiro atoms. The van der Waals surface area contributed by atoms with Gasteiger partial charge in [-0.1, -0.05) is 0 Å². The molecule has 2 N–H and O–H groups in total. The van der Waals surface area contributed by atoms with Crippen molar-refractivity contribution in [3.63, 3.8) is 0 Å². The van der Waals surface area contributed by atoms with E-state index in [9.17, 15) is 0 Å². The van der Waals surface area contributed by atoms with Crippen LogP contribution in [0.2, 0.25) is 0 Å². The van der Waals surface area contributed by atoms with E-state index in [2.05, 4.69) is 44.8 Å². The van der Waals surface area contributed by atoms with Crippen LogP contribution in [-0.4, -0.2) is 55.1 Å². The van der Waals surface area contributed by atoms with Crippen molar-refractivity contribution in [2.24, 2.45) is 5.73 Å². The summed E-state index contributed by atoms with van der Waals surface area (Å²) in [7, 11) is 6.63. The molecule has 0 aliphatic heterocycles. The molecule has 0 heterocycles. The zero-order chi connectivity index (χ0) is 12.4. The molecular formula is C13H29N3. The molecule has 0 bridgehead atoms. The molecule has 3 nitrogen and oxygen atoms in total. The van der Waals surface area contributed by atoms with Gasteiger partial charge in [0.05, 0.1) is 0 Å². The van der Waals surface area contributed by atoms with E-state index in [1.807, 2.05) is 0 Å². The third kappa shape index (κ3) is 3.72. The highest BCUT2D eigenvalue weighted by Crippen LogP contribution is 2.36. The molecule has 0 aromatic heterocycles. The van der Waals surface area contributed by atoms with E-state index in [4.69, 9.17) is 5.73 Å². The zero-order valence-electron chi connectivity index (χ0n) is 11.7. The SMILES string of the molecule is CN(CCC(C)(C)N)CC1(N(C)C)CCC1. The van der Waals surface area contributed by atoms with Crippen molar-refractivity contribution >= 4 is 0 Å². The highest BCUT2D eigenvalue weighted by molar-refractivity contribution is 4.97. The number of nitrogens with two attached hydrogens (primary N) is 1. The Hall–Kier alpha value is -0.120. The van der Waals surface area contributed by atoms with Gasteiger partial charge in [-0.3, -0.25) is 0 Å². The topological polar surface area (TPSA) is 32.5 Å². The third-order valence-corrected chi connectivity index (χ3v) is 3.94. The first-order valence-electron chi connectivity index (χ1n) is 6.40.